The van der Waals surface area contributed by atoms with Crippen molar-refractivity contribution in [3.8, 4) is 0 Å². The van der Waals surface area contributed by atoms with Crippen molar-refractivity contribution < 1.29 is 104 Å². The van der Waals surface area contributed by atoms with Crippen LogP contribution in [0.2, 0.25) is 0 Å². The van der Waals surface area contributed by atoms with E-state index in [1.807, 2.05) is 0 Å². The van der Waals surface area contributed by atoms with E-state index in [2.05, 4.69) is 16.0 Å². The van der Waals surface area contributed by atoms with Crippen LogP contribution in [0.15, 0.2) is 0 Å². The van der Waals surface area contributed by atoms with Crippen molar-refractivity contribution in [1.29, 1.82) is 0 Å². The Labute approximate surface area is 307 Å². The van der Waals surface area contributed by atoms with Crippen LogP contribution in [0.3, 0.4) is 0 Å². The number of carbonyl (C=O) groups excluding carboxylic acids is 3. The van der Waals surface area contributed by atoms with E-state index >= 15 is 0 Å². The van der Waals surface area contributed by atoms with Gasteiger partial charge < -0.3 is 105 Å². The molecule has 1 unspecified atom stereocenters. The molecule has 0 spiro atoms. The largest absolute Gasteiger partial charge is 0.394 e. The highest BCUT2D eigenvalue weighted by atomic mass is 16.7. The highest BCUT2D eigenvalue weighted by molar-refractivity contribution is 5.74. The van der Waals surface area contributed by atoms with E-state index < -0.39 is 167 Å². The second-order valence-electron chi connectivity index (χ2n) is 13.4. The summed E-state index contributed by atoms with van der Waals surface area (Å²) in [6.07, 6.45) is -28.9. The normalized spacial score (nSPS) is 45.7. The number of aliphatic hydroxyl groups is 11. The second kappa shape index (κ2) is 19.2. The summed E-state index contributed by atoms with van der Waals surface area (Å²) in [5.74, 6) is -2.12. The van der Waals surface area contributed by atoms with Crippen molar-refractivity contribution in [2.24, 2.45) is 0 Å². The van der Waals surface area contributed by atoms with Crippen molar-refractivity contribution in [1.82, 2.24) is 16.0 Å². The van der Waals surface area contributed by atoms with Crippen molar-refractivity contribution in [3.05, 3.63) is 0 Å². The van der Waals surface area contributed by atoms with Gasteiger partial charge in [0.05, 0.1) is 26.4 Å². The summed E-state index contributed by atoms with van der Waals surface area (Å²) in [7, 11) is 0. The number of nitrogens with one attached hydrogen (secondary N) is 3. The first-order valence-electron chi connectivity index (χ1n) is 17.1. The minimum Gasteiger partial charge on any atom is -0.394 e. The summed E-state index contributed by atoms with van der Waals surface area (Å²) in [5, 5.41) is 122. The number of ether oxygens (including phenoxy) is 7. The molecule has 0 saturated carbocycles. The molecule has 0 aromatic heterocycles. The lowest BCUT2D eigenvalue weighted by molar-refractivity contribution is -0.360. The fourth-order valence-corrected chi connectivity index (χ4v) is 6.65. The molecule has 0 aromatic rings. The third kappa shape index (κ3) is 9.97. The third-order valence-electron chi connectivity index (χ3n) is 9.39. The van der Waals surface area contributed by atoms with Crippen LogP contribution in [-0.2, 0) is 47.5 Å². The molecule has 14 N–H and O–H groups in total. The van der Waals surface area contributed by atoms with E-state index in [4.69, 9.17) is 33.2 Å². The Balaban J connectivity index is 1.57. The molecule has 0 aromatic carbocycles. The minimum atomic E-state index is -1.93. The Morgan fingerprint density at radius 2 is 0.944 bits per heavy atom. The molecule has 20 atom stereocenters. The summed E-state index contributed by atoms with van der Waals surface area (Å²) in [5.41, 5.74) is 0. The lowest BCUT2D eigenvalue weighted by atomic mass is 9.93. The quantitative estimate of drug-likeness (QED) is 0.0823. The SMILES string of the molecule is CC(=O)N[C@H]1[C@H](O[C@H]2[C@@H](O)[C@@H](CO[C@@H]3O[C@H](CO)[C@@H](O)[C@H](O)[C@H]3NC(C)=O)OC(O)[C@@H]2NC(C)=O)O[C@H](CO)[C@@H](O[C@@H]2O[C@H](CO)[C@H](O)[C@H](O)[C@H]2O)[C@@H]1O. The van der Waals surface area contributed by atoms with Crippen molar-refractivity contribution in [3.63, 3.8) is 0 Å². The van der Waals surface area contributed by atoms with Crippen LogP contribution in [0.25, 0.3) is 0 Å². The van der Waals surface area contributed by atoms with Crippen LogP contribution in [0.4, 0.5) is 0 Å². The average Bonchev–Trinajstić information content (AvgIpc) is 3.11. The Bertz CT molecular complexity index is 1250. The molecule has 4 aliphatic rings. The Morgan fingerprint density at radius 3 is 1.48 bits per heavy atom. The molecule has 4 saturated heterocycles. The van der Waals surface area contributed by atoms with E-state index in [1.165, 1.54) is 0 Å². The number of hydrogen-bond donors (Lipinski definition) is 14. The molecule has 312 valence electrons. The van der Waals surface area contributed by atoms with Crippen LogP contribution >= 0.6 is 0 Å². The predicted molar refractivity (Wildman–Crippen MR) is 169 cm³/mol. The summed E-state index contributed by atoms with van der Waals surface area (Å²) < 4.78 is 39.6. The van der Waals surface area contributed by atoms with Gasteiger partial charge in [0.1, 0.15) is 97.5 Å². The number of amides is 3. The zero-order chi connectivity index (χ0) is 40.2. The minimum absolute atomic E-state index is 0.646. The van der Waals surface area contributed by atoms with E-state index in [0.717, 1.165) is 20.8 Å². The molecule has 0 radical (unpaired) electrons. The van der Waals surface area contributed by atoms with Crippen LogP contribution in [-0.4, -0.2) is 223 Å². The zero-order valence-corrected chi connectivity index (χ0v) is 29.4. The van der Waals surface area contributed by atoms with Crippen LogP contribution < -0.4 is 16.0 Å². The molecular weight excluding hydrogens is 738 g/mol. The Kier molecular flexibility index (Phi) is 15.8. The fraction of sp³-hybridized carbons (Fsp3) is 0.900. The number of carbonyl (C=O) groups is 3. The summed E-state index contributed by atoms with van der Waals surface area (Å²) >= 11 is 0. The highest BCUT2D eigenvalue weighted by Crippen LogP contribution is 2.33. The zero-order valence-electron chi connectivity index (χ0n) is 29.4. The molecule has 4 rings (SSSR count). The maximum Gasteiger partial charge on any atom is 0.217 e. The van der Waals surface area contributed by atoms with Gasteiger partial charge in [-0.1, -0.05) is 0 Å². The molecule has 0 bridgehead atoms. The fourth-order valence-electron chi connectivity index (χ4n) is 6.65. The third-order valence-corrected chi connectivity index (χ3v) is 9.39. The summed E-state index contributed by atoms with van der Waals surface area (Å²) in [6.45, 7) is 0.107. The Hall–Kier alpha value is -2.31. The number of hydrogen-bond acceptors (Lipinski definition) is 21. The average molecular weight is 790 g/mol. The first kappa shape index (κ1) is 44.4. The van der Waals surface area contributed by atoms with Crippen LogP contribution in [0.1, 0.15) is 20.8 Å². The maximum absolute atomic E-state index is 12.3. The van der Waals surface area contributed by atoms with E-state index in [-0.39, 0.29) is 0 Å². The number of rotatable bonds is 13. The first-order chi connectivity index (χ1) is 25.4. The molecular formula is C30H51N3O21. The number of aliphatic hydroxyl groups excluding tert-OH is 11. The van der Waals surface area contributed by atoms with Gasteiger partial charge in [-0.05, 0) is 0 Å². The van der Waals surface area contributed by atoms with Gasteiger partial charge in [0, 0.05) is 20.8 Å². The topological polar surface area (TPSA) is 374 Å². The highest BCUT2D eigenvalue weighted by Gasteiger charge is 2.55. The summed E-state index contributed by atoms with van der Waals surface area (Å²) in [6, 6.07) is -4.55. The van der Waals surface area contributed by atoms with Gasteiger partial charge in [-0.25, -0.2) is 0 Å². The monoisotopic (exact) mass is 789 g/mol. The second-order valence-corrected chi connectivity index (χ2v) is 13.4. The molecule has 0 aliphatic carbocycles. The van der Waals surface area contributed by atoms with Gasteiger partial charge in [-0.15, -0.1) is 0 Å². The molecule has 54 heavy (non-hydrogen) atoms. The van der Waals surface area contributed by atoms with Gasteiger partial charge in [0.15, 0.2) is 25.2 Å². The maximum atomic E-state index is 12.3. The van der Waals surface area contributed by atoms with Crippen molar-refractivity contribution in [2.75, 3.05) is 26.4 Å². The molecule has 24 nitrogen and oxygen atoms in total. The standard InChI is InChI=1S/C30H51N3O21/c1-8(37)31-15-21(43)18(40)11(4-34)50-28(15)48-7-14-20(42)26(17(27(47)49-14)33-10(3)39)54-29-16(32-9(2)38)22(44)25(13(6-36)52-29)53-30-24(46)23(45)19(41)12(5-35)51-30/h11-30,34-36,40-47H,4-7H2,1-3H3,(H,31,37)(H,32,38)(H,33,39)/t11-,12-,13-,14-,15-,16-,17-,18-,19+,20+,21-,22-,23+,24-,25-,26-,27?,28-,29+,30+/m1/s1. The predicted octanol–water partition coefficient (Wildman–Crippen LogP) is -9.32. The molecule has 4 fully saturated rings. The van der Waals surface area contributed by atoms with Gasteiger partial charge in [0.2, 0.25) is 17.7 Å². The van der Waals surface area contributed by atoms with Gasteiger partial charge in [-0.2, -0.15) is 0 Å². The van der Waals surface area contributed by atoms with E-state index in [1.54, 1.807) is 0 Å². The van der Waals surface area contributed by atoms with Gasteiger partial charge in [0.25, 0.3) is 0 Å². The van der Waals surface area contributed by atoms with Gasteiger partial charge in [-0.3, -0.25) is 14.4 Å². The lowest BCUT2D eigenvalue weighted by Gasteiger charge is -2.49. The van der Waals surface area contributed by atoms with Crippen molar-refractivity contribution in [2.45, 2.75) is 143 Å². The van der Waals surface area contributed by atoms with Crippen molar-refractivity contribution >= 4 is 17.7 Å². The van der Waals surface area contributed by atoms with E-state index in [9.17, 15) is 70.6 Å². The molecule has 4 heterocycles. The molecule has 4 aliphatic heterocycles. The van der Waals surface area contributed by atoms with Crippen LogP contribution in [0.5, 0.6) is 0 Å². The first-order valence-corrected chi connectivity index (χ1v) is 17.1. The molecule has 24 heteroatoms. The molecule has 3 amide bonds. The van der Waals surface area contributed by atoms with Gasteiger partial charge >= 0.3 is 0 Å². The summed E-state index contributed by atoms with van der Waals surface area (Å²) in [4.78, 5) is 36.3. The smallest absolute Gasteiger partial charge is 0.217 e. The Morgan fingerprint density at radius 1 is 0.481 bits per heavy atom. The lowest BCUT2D eigenvalue weighted by Crippen LogP contribution is -2.70. The van der Waals surface area contributed by atoms with Crippen LogP contribution in [0, 0.1) is 0 Å². The van der Waals surface area contributed by atoms with E-state index in [0.29, 0.717) is 0 Å².